The van der Waals surface area contributed by atoms with Crippen LogP contribution in [0.15, 0.2) is 60.0 Å². The topological polar surface area (TPSA) is 106 Å². The third-order valence-electron chi connectivity index (χ3n) is 8.14. The number of nitrogens with one attached hydrogen (secondary N) is 1. The van der Waals surface area contributed by atoms with Gasteiger partial charge in [-0.15, -0.1) is 11.3 Å². The molecular formula is C32H36N4O6S. The number of amides is 2. The Kier molecular flexibility index (Phi) is 8.82. The van der Waals surface area contributed by atoms with E-state index < -0.39 is 6.09 Å². The molecule has 2 aromatic carbocycles. The van der Waals surface area contributed by atoms with Gasteiger partial charge in [0.15, 0.2) is 0 Å². The lowest BCUT2D eigenvalue weighted by Gasteiger charge is -2.30. The Bertz CT molecular complexity index is 1570. The van der Waals surface area contributed by atoms with Gasteiger partial charge < -0.3 is 34.1 Å². The van der Waals surface area contributed by atoms with E-state index in [2.05, 4.69) is 16.3 Å². The van der Waals surface area contributed by atoms with Crippen molar-refractivity contribution in [2.45, 2.75) is 32.1 Å². The number of nitrogens with zero attached hydrogens (tertiary/aromatic N) is 3. The summed E-state index contributed by atoms with van der Waals surface area (Å²) in [5.74, 6) is 1.25. The van der Waals surface area contributed by atoms with Gasteiger partial charge in [-0.3, -0.25) is 9.69 Å². The number of carboxylic acid groups (broad SMARTS) is 1. The molecule has 2 N–H and O–H groups in total. The van der Waals surface area contributed by atoms with Crippen molar-refractivity contribution in [2.24, 2.45) is 7.05 Å². The number of benzene rings is 2. The van der Waals surface area contributed by atoms with Crippen molar-refractivity contribution in [2.75, 3.05) is 44.7 Å². The minimum absolute atomic E-state index is 0.0133. The maximum Gasteiger partial charge on any atom is 0.407 e. The molecule has 2 fully saturated rings. The summed E-state index contributed by atoms with van der Waals surface area (Å²) in [7, 11) is 1.91. The van der Waals surface area contributed by atoms with E-state index in [1.165, 1.54) is 4.90 Å². The molecule has 2 aromatic heterocycles. The number of ether oxygens (including phenoxy) is 3. The number of hydrogen-bond acceptors (Lipinski definition) is 7. The van der Waals surface area contributed by atoms with E-state index >= 15 is 0 Å². The van der Waals surface area contributed by atoms with Crippen molar-refractivity contribution >= 4 is 39.2 Å². The van der Waals surface area contributed by atoms with Crippen LogP contribution >= 0.6 is 11.3 Å². The van der Waals surface area contributed by atoms with E-state index in [4.69, 9.17) is 19.3 Å². The molecule has 0 radical (unpaired) electrons. The number of anilines is 1. The number of rotatable bonds is 9. The van der Waals surface area contributed by atoms with Gasteiger partial charge in [0.2, 0.25) is 0 Å². The summed E-state index contributed by atoms with van der Waals surface area (Å²) in [5.41, 5.74) is 4.41. The number of carbonyl (C=O) groups excluding carboxylic acids is 1. The lowest BCUT2D eigenvalue weighted by molar-refractivity contribution is 0.0340. The molecule has 2 aliphatic rings. The van der Waals surface area contributed by atoms with Crippen LogP contribution in [-0.2, 0) is 24.9 Å². The number of aryl methyl sites for hydroxylation is 1. The minimum Gasteiger partial charge on any atom is -0.490 e. The van der Waals surface area contributed by atoms with Crippen LogP contribution in [-0.4, -0.2) is 77.0 Å². The van der Waals surface area contributed by atoms with Gasteiger partial charge in [-0.1, -0.05) is 12.1 Å². The Labute approximate surface area is 254 Å². The molecule has 0 saturated carbocycles. The van der Waals surface area contributed by atoms with Crippen molar-refractivity contribution in [1.82, 2.24) is 14.4 Å². The predicted octanol–water partition coefficient (Wildman–Crippen LogP) is 5.42. The first kappa shape index (κ1) is 29.0. The van der Waals surface area contributed by atoms with Crippen LogP contribution < -0.4 is 14.8 Å². The van der Waals surface area contributed by atoms with Gasteiger partial charge >= 0.3 is 6.09 Å². The van der Waals surface area contributed by atoms with Crippen molar-refractivity contribution in [3.05, 3.63) is 76.8 Å². The Morgan fingerprint density at radius 2 is 1.77 bits per heavy atom. The van der Waals surface area contributed by atoms with Crippen LogP contribution in [0.2, 0.25) is 0 Å². The average molecular weight is 605 g/mol. The Morgan fingerprint density at radius 1 is 1.02 bits per heavy atom. The smallest absolute Gasteiger partial charge is 0.407 e. The SMILES string of the molecule is Cn1c(C(=O)Nc2cccc(CN3CCOCC3)c2COc2ccc(OC3CCN(C(=O)O)CC3)cc2)cc2sccc21. The number of morpholine rings is 1. The van der Waals surface area contributed by atoms with Gasteiger partial charge in [0.05, 0.1) is 23.4 Å². The standard InChI is InChI=1S/C32H36N4O6S/c1-34-28-11-18-43-30(28)19-29(34)31(37)33-27-4-2-3-22(20-35-14-16-40-17-15-35)26(27)21-41-23-5-7-24(8-6-23)42-25-9-12-36(13-10-25)32(38)39/h2-8,11,18-19,25H,9-10,12-17,20-21H2,1H3,(H,33,37)(H,38,39). The van der Waals surface area contributed by atoms with E-state index in [1.807, 2.05) is 65.5 Å². The maximum atomic E-state index is 13.4. The van der Waals surface area contributed by atoms with Crippen LogP contribution in [0.1, 0.15) is 34.5 Å². The predicted molar refractivity (Wildman–Crippen MR) is 165 cm³/mol. The fraction of sp³-hybridized carbons (Fsp3) is 0.375. The third kappa shape index (κ3) is 6.79. The number of carbonyl (C=O) groups is 2. The summed E-state index contributed by atoms with van der Waals surface area (Å²) in [5, 5.41) is 14.3. The van der Waals surface area contributed by atoms with Crippen molar-refractivity contribution < 1.29 is 28.9 Å². The largest absolute Gasteiger partial charge is 0.490 e. The molecule has 10 nitrogen and oxygen atoms in total. The zero-order valence-electron chi connectivity index (χ0n) is 24.2. The van der Waals surface area contributed by atoms with Crippen LogP contribution in [0.3, 0.4) is 0 Å². The first-order chi connectivity index (χ1) is 20.9. The fourth-order valence-corrected chi connectivity index (χ4v) is 6.50. The Balaban J connectivity index is 1.16. The van der Waals surface area contributed by atoms with Crippen molar-refractivity contribution in [3.63, 3.8) is 0 Å². The van der Waals surface area contributed by atoms with Gasteiger partial charge in [0.1, 0.15) is 29.9 Å². The molecule has 0 aliphatic carbocycles. The van der Waals surface area contributed by atoms with Crippen molar-refractivity contribution in [3.8, 4) is 11.5 Å². The second-order valence-corrected chi connectivity index (χ2v) is 11.8. The highest BCUT2D eigenvalue weighted by Crippen LogP contribution is 2.29. The van der Waals surface area contributed by atoms with E-state index in [0.29, 0.717) is 50.6 Å². The zero-order valence-corrected chi connectivity index (χ0v) is 25.0. The molecule has 6 rings (SSSR count). The lowest BCUT2D eigenvalue weighted by atomic mass is 10.0. The molecule has 43 heavy (non-hydrogen) atoms. The van der Waals surface area contributed by atoms with E-state index in [9.17, 15) is 9.59 Å². The third-order valence-corrected chi connectivity index (χ3v) is 8.99. The normalized spacial score (nSPS) is 16.3. The van der Waals surface area contributed by atoms with E-state index in [-0.39, 0.29) is 18.6 Å². The second kappa shape index (κ2) is 13.1. The highest BCUT2D eigenvalue weighted by molar-refractivity contribution is 7.17. The second-order valence-electron chi connectivity index (χ2n) is 10.9. The summed E-state index contributed by atoms with van der Waals surface area (Å²) < 4.78 is 20.9. The van der Waals surface area contributed by atoms with Crippen LogP contribution in [0, 0.1) is 0 Å². The molecule has 2 aliphatic heterocycles. The van der Waals surface area contributed by atoms with E-state index in [0.717, 1.165) is 52.4 Å². The van der Waals surface area contributed by atoms with Crippen molar-refractivity contribution in [1.29, 1.82) is 0 Å². The Hall–Kier alpha value is -4.06. The van der Waals surface area contributed by atoms with Gasteiger partial charge in [-0.2, -0.15) is 0 Å². The molecule has 4 heterocycles. The zero-order chi connectivity index (χ0) is 29.8. The van der Waals surface area contributed by atoms with Crippen LogP contribution in [0.25, 0.3) is 10.2 Å². The summed E-state index contributed by atoms with van der Waals surface area (Å²) in [6, 6.07) is 17.5. The van der Waals surface area contributed by atoms with Gasteiger partial charge in [0, 0.05) is 63.9 Å². The van der Waals surface area contributed by atoms with Crippen LogP contribution in [0.4, 0.5) is 10.5 Å². The highest BCUT2D eigenvalue weighted by atomic mass is 32.1. The van der Waals surface area contributed by atoms with Gasteiger partial charge in [-0.25, -0.2) is 4.79 Å². The first-order valence-electron chi connectivity index (χ1n) is 14.6. The molecule has 0 unspecified atom stereocenters. The number of thiophene rings is 1. The molecule has 2 amide bonds. The molecule has 0 bridgehead atoms. The number of likely N-dealkylation sites (tertiary alicyclic amines) is 1. The Morgan fingerprint density at radius 3 is 2.49 bits per heavy atom. The van der Waals surface area contributed by atoms with E-state index in [1.54, 1.807) is 11.3 Å². The highest BCUT2D eigenvalue weighted by Gasteiger charge is 2.24. The molecular weight excluding hydrogens is 568 g/mol. The summed E-state index contributed by atoms with van der Waals surface area (Å²) >= 11 is 1.62. The number of hydrogen-bond donors (Lipinski definition) is 2. The monoisotopic (exact) mass is 604 g/mol. The fourth-order valence-electron chi connectivity index (χ4n) is 5.65. The molecule has 2 saturated heterocycles. The van der Waals surface area contributed by atoms with Crippen LogP contribution in [0.5, 0.6) is 11.5 Å². The maximum absolute atomic E-state index is 13.4. The minimum atomic E-state index is -0.881. The molecule has 0 atom stereocenters. The number of piperidine rings is 1. The van der Waals surface area contributed by atoms with Gasteiger partial charge in [0.25, 0.3) is 5.91 Å². The first-order valence-corrected chi connectivity index (χ1v) is 15.4. The summed E-state index contributed by atoms with van der Waals surface area (Å²) in [6.07, 6.45) is 0.439. The molecule has 11 heteroatoms. The number of fused-ring (bicyclic) bond motifs is 1. The summed E-state index contributed by atoms with van der Waals surface area (Å²) in [4.78, 5) is 28.4. The molecule has 0 spiro atoms. The lowest BCUT2D eigenvalue weighted by Crippen LogP contribution is -2.41. The quantitative estimate of drug-likeness (QED) is 0.263. The van der Waals surface area contributed by atoms with Gasteiger partial charge in [-0.05, 0) is 53.4 Å². The number of aromatic nitrogens is 1. The molecule has 226 valence electrons. The molecule has 4 aromatic rings. The summed E-state index contributed by atoms with van der Waals surface area (Å²) in [6.45, 7) is 5.10. The average Bonchev–Trinajstić information content (AvgIpc) is 3.61.